The van der Waals surface area contributed by atoms with E-state index >= 15 is 0 Å². The molecule has 17 heavy (non-hydrogen) atoms. The summed E-state index contributed by atoms with van der Waals surface area (Å²) in [6.07, 6.45) is -5.12. The van der Waals surface area contributed by atoms with Gasteiger partial charge in [0.1, 0.15) is 5.75 Å². The van der Waals surface area contributed by atoms with Gasteiger partial charge < -0.3 is 14.9 Å². The fraction of sp³-hybridized carbons (Fsp3) is 0.300. The molecular weight excluding hydrogens is 241 g/mol. The highest BCUT2D eigenvalue weighted by atomic mass is 19.4. The number of carboxylic acid groups (broad SMARTS) is 1. The van der Waals surface area contributed by atoms with Crippen LogP contribution >= 0.6 is 0 Å². The Morgan fingerprint density at radius 3 is 2.00 bits per heavy atom. The number of phenolic OH excluding ortho intramolecular Hbond substituents is 1. The second-order valence-corrected chi connectivity index (χ2v) is 3.24. The summed E-state index contributed by atoms with van der Waals surface area (Å²) in [5.41, 5.74) is -4.04. The Bertz CT molecular complexity index is 413. The van der Waals surface area contributed by atoms with Gasteiger partial charge in [-0.2, -0.15) is 13.2 Å². The van der Waals surface area contributed by atoms with Crippen LogP contribution in [0.1, 0.15) is 5.56 Å². The number of carbonyl (C=O) groups is 1. The molecule has 1 atom stereocenters. The van der Waals surface area contributed by atoms with E-state index < -0.39 is 23.3 Å². The zero-order chi connectivity index (χ0) is 13.3. The van der Waals surface area contributed by atoms with E-state index in [-0.39, 0.29) is 5.75 Å². The Labute approximate surface area is 94.3 Å². The smallest absolute Gasteiger partial charge is 0.432 e. The lowest BCUT2D eigenvalue weighted by atomic mass is 9.93. The number of hydrogen-bond acceptors (Lipinski definition) is 3. The number of hydrogen-bond donors (Lipinski definition) is 2. The van der Waals surface area contributed by atoms with E-state index in [2.05, 4.69) is 4.74 Å². The summed E-state index contributed by atoms with van der Waals surface area (Å²) in [5, 5.41) is 17.7. The molecule has 0 aromatic heterocycles. The first kappa shape index (κ1) is 13.3. The Hall–Kier alpha value is -1.76. The largest absolute Gasteiger partial charge is 0.508 e. The summed E-state index contributed by atoms with van der Waals surface area (Å²) < 4.78 is 42.7. The average Bonchev–Trinajstić information content (AvgIpc) is 2.19. The third-order valence-corrected chi connectivity index (χ3v) is 2.28. The number of halogens is 3. The fourth-order valence-corrected chi connectivity index (χ4v) is 1.43. The quantitative estimate of drug-likeness (QED) is 0.859. The van der Waals surface area contributed by atoms with Gasteiger partial charge in [0.2, 0.25) is 0 Å². The second kappa shape index (κ2) is 4.25. The van der Waals surface area contributed by atoms with Crippen molar-refractivity contribution >= 4 is 5.97 Å². The van der Waals surface area contributed by atoms with E-state index in [1.807, 2.05) is 0 Å². The van der Waals surface area contributed by atoms with E-state index in [0.717, 1.165) is 24.3 Å². The van der Waals surface area contributed by atoms with E-state index in [0.29, 0.717) is 7.11 Å². The zero-order valence-electron chi connectivity index (χ0n) is 8.65. The zero-order valence-corrected chi connectivity index (χ0v) is 8.65. The van der Waals surface area contributed by atoms with E-state index in [9.17, 15) is 18.0 Å². The highest BCUT2D eigenvalue weighted by Gasteiger charge is 2.63. The molecule has 4 nitrogen and oxygen atoms in total. The van der Waals surface area contributed by atoms with Crippen molar-refractivity contribution in [2.75, 3.05) is 7.11 Å². The molecule has 7 heteroatoms. The molecule has 0 aliphatic carbocycles. The maximum Gasteiger partial charge on any atom is 0.432 e. The van der Waals surface area contributed by atoms with Crippen molar-refractivity contribution in [3.05, 3.63) is 29.8 Å². The fourth-order valence-electron chi connectivity index (χ4n) is 1.43. The van der Waals surface area contributed by atoms with Crippen molar-refractivity contribution in [2.45, 2.75) is 11.8 Å². The second-order valence-electron chi connectivity index (χ2n) is 3.24. The molecule has 0 amide bonds. The van der Waals surface area contributed by atoms with Crippen LogP contribution in [-0.2, 0) is 15.1 Å². The predicted octanol–water partition coefficient (Wildman–Crippen LogP) is 1.88. The highest BCUT2D eigenvalue weighted by Crippen LogP contribution is 2.42. The molecule has 0 fully saturated rings. The first-order chi connectivity index (χ1) is 7.75. The maximum absolute atomic E-state index is 12.8. The number of aromatic hydroxyl groups is 1. The topological polar surface area (TPSA) is 66.8 Å². The lowest BCUT2D eigenvalue weighted by Crippen LogP contribution is -2.50. The molecule has 0 bridgehead atoms. The lowest BCUT2D eigenvalue weighted by molar-refractivity contribution is -0.273. The molecule has 0 saturated carbocycles. The minimum atomic E-state index is -5.12. The summed E-state index contributed by atoms with van der Waals surface area (Å²) in [4.78, 5) is 10.9. The third-order valence-electron chi connectivity index (χ3n) is 2.28. The minimum absolute atomic E-state index is 0.272. The number of ether oxygens (including phenoxy) is 1. The monoisotopic (exact) mass is 250 g/mol. The van der Waals surface area contributed by atoms with Crippen molar-refractivity contribution < 1.29 is 32.9 Å². The Kier molecular flexibility index (Phi) is 3.33. The SMILES string of the molecule is COC(C(=O)O)(c1ccc(O)cc1)C(F)(F)F. The molecule has 1 rings (SSSR count). The standard InChI is InChI=1S/C10H9F3O4/c1-17-9(8(15)16,10(11,12)13)6-2-4-7(14)5-3-6/h2-5,14H,1H3,(H,15,16). The first-order valence-electron chi connectivity index (χ1n) is 4.40. The van der Waals surface area contributed by atoms with Gasteiger partial charge in [-0.1, -0.05) is 12.1 Å². The van der Waals surface area contributed by atoms with Gasteiger partial charge in [-0.05, 0) is 12.1 Å². The van der Waals surface area contributed by atoms with Gasteiger partial charge in [-0.15, -0.1) is 0 Å². The lowest BCUT2D eigenvalue weighted by Gasteiger charge is -2.30. The maximum atomic E-state index is 12.8. The van der Waals surface area contributed by atoms with Crippen LogP contribution in [0.5, 0.6) is 5.75 Å². The van der Waals surface area contributed by atoms with Crippen LogP contribution in [0, 0.1) is 0 Å². The minimum Gasteiger partial charge on any atom is -0.508 e. The molecule has 94 valence electrons. The number of alkyl halides is 3. The van der Waals surface area contributed by atoms with Crippen molar-refractivity contribution in [3.63, 3.8) is 0 Å². The van der Waals surface area contributed by atoms with Crippen molar-refractivity contribution in [1.29, 1.82) is 0 Å². The number of phenols is 1. The van der Waals surface area contributed by atoms with Crippen molar-refractivity contribution in [1.82, 2.24) is 0 Å². The molecule has 2 N–H and O–H groups in total. The number of aliphatic carboxylic acids is 1. The molecule has 1 unspecified atom stereocenters. The summed E-state index contributed by atoms with van der Waals surface area (Å²) in [7, 11) is 0.661. The van der Waals surface area contributed by atoms with E-state index in [1.54, 1.807) is 0 Å². The summed E-state index contributed by atoms with van der Waals surface area (Å²) in [6, 6.07) is 3.61. The third kappa shape index (κ3) is 2.05. The van der Waals surface area contributed by atoms with Crippen LogP contribution in [0.15, 0.2) is 24.3 Å². The van der Waals surface area contributed by atoms with Crippen LogP contribution in [0.2, 0.25) is 0 Å². The molecule has 0 spiro atoms. The van der Waals surface area contributed by atoms with Gasteiger partial charge in [-0.3, -0.25) is 0 Å². The van der Waals surface area contributed by atoms with Crippen molar-refractivity contribution in [3.8, 4) is 5.75 Å². The summed E-state index contributed by atoms with van der Waals surface area (Å²) in [5.74, 6) is -2.44. The Morgan fingerprint density at radius 2 is 1.71 bits per heavy atom. The van der Waals surface area contributed by atoms with E-state index in [4.69, 9.17) is 10.2 Å². The molecule has 0 heterocycles. The predicted molar refractivity (Wildman–Crippen MR) is 50.5 cm³/mol. The average molecular weight is 250 g/mol. The highest BCUT2D eigenvalue weighted by molar-refractivity contribution is 5.80. The number of benzene rings is 1. The number of carboxylic acids is 1. The molecule has 0 aliphatic heterocycles. The van der Waals surface area contributed by atoms with Gasteiger partial charge in [0.15, 0.2) is 0 Å². The van der Waals surface area contributed by atoms with Crippen molar-refractivity contribution in [2.24, 2.45) is 0 Å². The number of rotatable bonds is 3. The van der Waals surface area contributed by atoms with Crippen LogP contribution in [0.25, 0.3) is 0 Å². The Morgan fingerprint density at radius 1 is 1.24 bits per heavy atom. The van der Waals surface area contributed by atoms with Gasteiger partial charge in [0, 0.05) is 12.7 Å². The van der Waals surface area contributed by atoms with Crippen LogP contribution in [0.4, 0.5) is 13.2 Å². The van der Waals surface area contributed by atoms with E-state index in [1.165, 1.54) is 0 Å². The van der Waals surface area contributed by atoms with Gasteiger partial charge in [0.05, 0.1) is 0 Å². The van der Waals surface area contributed by atoms with Crippen LogP contribution in [-0.4, -0.2) is 29.5 Å². The molecular formula is C10H9F3O4. The first-order valence-corrected chi connectivity index (χ1v) is 4.40. The summed E-state index contributed by atoms with van der Waals surface area (Å²) in [6.45, 7) is 0. The molecule has 1 aromatic rings. The summed E-state index contributed by atoms with van der Waals surface area (Å²) >= 11 is 0. The normalized spacial score (nSPS) is 15.3. The molecule has 0 aliphatic rings. The van der Waals surface area contributed by atoms with Gasteiger partial charge >= 0.3 is 12.1 Å². The van der Waals surface area contributed by atoms with Crippen LogP contribution in [0.3, 0.4) is 0 Å². The van der Waals surface area contributed by atoms with Gasteiger partial charge in [0.25, 0.3) is 5.60 Å². The number of methoxy groups -OCH3 is 1. The molecule has 1 aromatic carbocycles. The van der Waals surface area contributed by atoms with Gasteiger partial charge in [-0.25, -0.2) is 4.79 Å². The van der Waals surface area contributed by atoms with Crippen LogP contribution < -0.4 is 0 Å². The molecule has 0 radical (unpaired) electrons. The Balaban J connectivity index is 3.43. The molecule has 0 saturated heterocycles.